The van der Waals surface area contributed by atoms with E-state index >= 15 is 0 Å². The zero-order valence-corrected chi connectivity index (χ0v) is 18.9. The van der Waals surface area contributed by atoms with Gasteiger partial charge in [0.05, 0.1) is 12.1 Å². The highest BCUT2D eigenvalue weighted by atomic mass is 16.5. The number of likely N-dealkylation sites (tertiary alicyclic amines) is 1. The van der Waals surface area contributed by atoms with Crippen LogP contribution in [0.5, 0.6) is 5.75 Å². The average molecular weight is 450 g/mol. The Balaban J connectivity index is 1.28. The Kier molecular flexibility index (Phi) is 6.08. The molecule has 33 heavy (non-hydrogen) atoms. The van der Waals surface area contributed by atoms with E-state index in [2.05, 4.69) is 10.2 Å². The van der Waals surface area contributed by atoms with Crippen LogP contribution in [0.25, 0.3) is 0 Å². The van der Waals surface area contributed by atoms with E-state index in [1.165, 1.54) is 0 Å². The maximum Gasteiger partial charge on any atom is 0.264 e. The summed E-state index contributed by atoms with van der Waals surface area (Å²) in [6.07, 6.45) is 2.28. The van der Waals surface area contributed by atoms with Crippen molar-refractivity contribution in [1.82, 2.24) is 9.80 Å². The average Bonchev–Trinajstić information content (AvgIpc) is 3.47. The molecule has 2 N–H and O–H groups in total. The number of β-amino-alcohol motifs (C(OH)–C–C–N with tert-alkyl or cyclic N) is 1. The van der Waals surface area contributed by atoms with Crippen molar-refractivity contribution in [2.24, 2.45) is 5.92 Å². The molecule has 7 nitrogen and oxygen atoms in total. The van der Waals surface area contributed by atoms with Crippen LogP contribution in [0.15, 0.2) is 48.5 Å². The standard InChI is InChI=1S/C26H31N3O4/c1-28(22(17-5-3-2-4-6-17)16-29-12-11-21(30)15-29)26(32)24-14-19-13-20(9-10-23(19)33-24)27-25(31)18-7-8-18/h2-6,9-10,13,18,21-22,24,30H,7-8,11-12,14-16H2,1H3,(H,27,31). The Morgan fingerprint density at radius 1 is 1.18 bits per heavy atom. The van der Waals surface area contributed by atoms with Gasteiger partial charge >= 0.3 is 0 Å². The number of carbonyl (C=O) groups excluding carboxylic acids is 2. The van der Waals surface area contributed by atoms with E-state index in [9.17, 15) is 14.7 Å². The third kappa shape index (κ3) is 4.89. The second kappa shape index (κ2) is 9.15. The number of anilines is 1. The summed E-state index contributed by atoms with van der Waals surface area (Å²) >= 11 is 0. The van der Waals surface area contributed by atoms with E-state index in [0.29, 0.717) is 25.3 Å². The molecule has 7 heteroatoms. The first-order chi connectivity index (χ1) is 16.0. The summed E-state index contributed by atoms with van der Waals surface area (Å²) < 4.78 is 6.03. The Morgan fingerprint density at radius 3 is 2.67 bits per heavy atom. The molecule has 2 heterocycles. The third-order valence-corrected chi connectivity index (χ3v) is 6.90. The van der Waals surface area contributed by atoms with Gasteiger partial charge in [-0.05, 0) is 43.0 Å². The lowest BCUT2D eigenvalue weighted by Crippen LogP contribution is -2.44. The van der Waals surface area contributed by atoms with Gasteiger partial charge < -0.3 is 20.1 Å². The maximum absolute atomic E-state index is 13.5. The Labute approximate surface area is 194 Å². The molecule has 1 saturated heterocycles. The number of aliphatic hydroxyl groups excluding tert-OH is 1. The van der Waals surface area contributed by atoms with E-state index in [-0.39, 0.29) is 29.9 Å². The lowest BCUT2D eigenvalue weighted by molar-refractivity contribution is -0.139. The van der Waals surface area contributed by atoms with Crippen molar-refractivity contribution in [3.05, 3.63) is 59.7 Å². The highest BCUT2D eigenvalue weighted by Crippen LogP contribution is 2.35. The number of nitrogens with zero attached hydrogens (tertiary/aromatic N) is 2. The fraction of sp³-hybridized carbons (Fsp3) is 0.462. The second-order valence-electron chi connectivity index (χ2n) is 9.47. The van der Waals surface area contributed by atoms with Gasteiger partial charge in [-0.2, -0.15) is 0 Å². The maximum atomic E-state index is 13.5. The predicted molar refractivity (Wildman–Crippen MR) is 125 cm³/mol. The molecule has 1 saturated carbocycles. The monoisotopic (exact) mass is 449 g/mol. The number of nitrogens with one attached hydrogen (secondary N) is 1. The van der Waals surface area contributed by atoms with Gasteiger partial charge in [0.1, 0.15) is 5.75 Å². The van der Waals surface area contributed by atoms with Crippen LogP contribution in [-0.4, -0.2) is 65.6 Å². The largest absolute Gasteiger partial charge is 0.480 e. The molecule has 3 aliphatic rings. The van der Waals surface area contributed by atoms with Gasteiger partial charge in [-0.15, -0.1) is 0 Å². The van der Waals surface area contributed by atoms with E-state index in [0.717, 1.165) is 42.6 Å². The fourth-order valence-corrected chi connectivity index (χ4v) is 4.78. The van der Waals surface area contributed by atoms with Crippen molar-refractivity contribution in [3.8, 4) is 5.75 Å². The van der Waals surface area contributed by atoms with Crippen LogP contribution in [-0.2, 0) is 16.0 Å². The van der Waals surface area contributed by atoms with Crippen LogP contribution in [0, 0.1) is 5.92 Å². The lowest BCUT2D eigenvalue weighted by atomic mass is 10.0. The topological polar surface area (TPSA) is 82.1 Å². The number of amides is 2. The molecule has 2 fully saturated rings. The van der Waals surface area contributed by atoms with Crippen LogP contribution in [0.3, 0.4) is 0 Å². The summed E-state index contributed by atoms with van der Waals surface area (Å²) in [5, 5.41) is 12.9. The van der Waals surface area contributed by atoms with Crippen LogP contribution >= 0.6 is 0 Å². The van der Waals surface area contributed by atoms with E-state index in [1.807, 2.05) is 55.6 Å². The summed E-state index contributed by atoms with van der Waals surface area (Å²) in [5.74, 6) is 0.844. The smallest absolute Gasteiger partial charge is 0.264 e. The number of benzene rings is 2. The van der Waals surface area contributed by atoms with Gasteiger partial charge in [0.15, 0.2) is 6.10 Å². The highest BCUT2D eigenvalue weighted by Gasteiger charge is 2.36. The molecule has 3 unspecified atom stereocenters. The second-order valence-corrected chi connectivity index (χ2v) is 9.47. The molecule has 2 amide bonds. The van der Waals surface area contributed by atoms with Gasteiger partial charge in [-0.25, -0.2) is 0 Å². The summed E-state index contributed by atoms with van der Waals surface area (Å²) in [4.78, 5) is 29.6. The van der Waals surface area contributed by atoms with Crippen molar-refractivity contribution >= 4 is 17.5 Å². The number of fused-ring (bicyclic) bond motifs is 1. The molecule has 0 bridgehead atoms. The number of aliphatic hydroxyl groups is 1. The third-order valence-electron chi connectivity index (χ3n) is 6.90. The van der Waals surface area contributed by atoms with Gasteiger partial charge in [0.25, 0.3) is 5.91 Å². The number of ether oxygens (including phenoxy) is 1. The Hall–Kier alpha value is -2.90. The quantitative estimate of drug-likeness (QED) is 0.679. The molecule has 0 aromatic heterocycles. The van der Waals surface area contributed by atoms with E-state index < -0.39 is 6.10 Å². The van der Waals surface area contributed by atoms with Crippen molar-refractivity contribution in [2.75, 3.05) is 32.0 Å². The highest BCUT2D eigenvalue weighted by molar-refractivity contribution is 5.94. The van der Waals surface area contributed by atoms with Crippen molar-refractivity contribution in [1.29, 1.82) is 0 Å². The SMILES string of the molecule is CN(C(=O)C1Cc2cc(NC(=O)C3CC3)ccc2O1)C(CN1CCC(O)C1)c1ccccc1. The zero-order chi connectivity index (χ0) is 22.9. The normalized spacial score (nSPS) is 23.0. The Bertz CT molecular complexity index is 1020. The van der Waals surface area contributed by atoms with Crippen LogP contribution in [0.4, 0.5) is 5.69 Å². The summed E-state index contributed by atoms with van der Waals surface area (Å²) in [7, 11) is 1.83. The minimum absolute atomic E-state index is 0.0663. The fourth-order valence-electron chi connectivity index (χ4n) is 4.78. The Morgan fingerprint density at radius 2 is 1.97 bits per heavy atom. The molecule has 1 aliphatic carbocycles. The van der Waals surface area contributed by atoms with Crippen LogP contribution in [0.1, 0.15) is 36.4 Å². The minimum atomic E-state index is -0.588. The summed E-state index contributed by atoms with van der Waals surface area (Å²) in [5.41, 5.74) is 2.76. The molecule has 5 rings (SSSR count). The number of carbonyl (C=O) groups is 2. The van der Waals surface area contributed by atoms with Crippen LogP contribution < -0.4 is 10.1 Å². The van der Waals surface area contributed by atoms with Crippen molar-refractivity contribution in [2.45, 2.75) is 43.9 Å². The van der Waals surface area contributed by atoms with Gasteiger partial charge in [-0.3, -0.25) is 14.5 Å². The van der Waals surface area contributed by atoms with Gasteiger partial charge in [0.2, 0.25) is 5.91 Å². The summed E-state index contributed by atoms with van der Waals surface area (Å²) in [6, 6.07) is 15.5. The number of hydrogen-bond acceptors (Lipinski definition) is 5. The molecule has 174 valence electrons. The van der Waals surface area contributed by atoms with E-state index in [4.69, 9.17) is 4.74 Å². The van der Waals surface area contributed by atoms with Crippen molar-refractivity contribution < 1.29 is 19.4 Å². The molecule has 2 aromatic rings. The molecule has 3 atom stereocenters. The minimum Gasteiger partial charge on any atom is -0.480 e. The van der Waals surface area contributed by atoms with Gasteiger partial charge in [0, 0.05) is 50.3 Å². The zero-order valence-electron chi connectivity index (χ0n) is 18.9. The first-order valence-corrected chi connectivity index (χ1v) is 11.8. The molecular weight excluding hydrogens is 418 g/mol. The molecule has 0 spiro atoms. The van der Waals surface area contributed by atoms with Crippen molar-refractivity contribution in [3.63, 3.8) is 0 Å². The molecule has 2 aliphatic heterocycles. The number of hydrogen-bond donors (Lipinski definition) is 2. The number of likely N-dealkylation sites (N-methyl/N-ethyl adjacent to an activating group) is 1. The number of rotatable bonds is 7. The first kappa shape index (κ1) is 21.9. The predicted octanol–water partition coefficient (Wildman–Crippen LogP) is 2.60. The first-order valence-electron chi connectivity index (χ1n) is 11.8. The lowest BCUT2D eigenvalue weighted by Gasteiger charge is -2.33. The van der Waals surface area contributed by atoms with Crippen LogP contribution in [0.2, 0.25) is 0 Å². The molecule has 0 radical (unpaired) electrons. The summed E-state index contributed by atoms with van der Waals surface area (Å²) in [6.45, 7) is 2.12. The molecular formula is C26H31N3O4. The van der Waals surface area contributed by atoms with E-state index in [1.54, 1.807) is 4.90 Å². The molecule has 2 aromatic carbocycles. The van der Waals surface area contributed by atoms with Gasteiger partial charge in [-0.1, -0.05) is 30.3 Å².